The molecule has 2 N–H and O–H groups in total. The molecular weight excluding hydrogens is 238 g/mol. The van der Waals surface area contributed by atoms with Gasteiger partial charge in [-0.1, -0.05) is 38.8 Å². The van der Waals surface area contributed by atoms with Gasteiger partial charge in [-0.2, -0.15) is 0 Å². The summed E-state index contributed by atoms with van der Waals surface area (Å²) in [5.41, 5.74) is 1.12. The summed E-state index contributed by atoms with van der Waals surface area (Å²) in [6.07, 6.45) is 1.57. The van der Waals surface area contributed by atoms with Crippen molar-refractivity contribution in [2.45, 2.75) is 33.6 Å². The number of hydrogen-bond acceptors (Lipinski definition) is 2. The Bertz CT molecular complexity index is 416. The van der Waals surface area contributed by atoms with Gasteiger partial charge in [-0.05, 0) is 18.6 Å². The first-order valence-electron chi connectivity index (χ1n) is 5.78. The molecule has 94 valence electrons. The predicted octanol–water partition coefficient (Wildman–Crippen LogP) is 3.59. The molecule has 0 aliphatic carbocycles. The predicted molar refractivity (Wildman–Crippen MR) is 70.6 cm³/mol. The van der Waals surface area contributed by atoms with E-state index in [1.807, 2.05) is 6.92 Å². The number of amides is 1. The zero-order valence-electron chi connectivity index (χ0n) is 10.4. The van der Waals surface area contributed by atoms with Crippen LogP contribution in [0.25, 0.3) is 0 Å². The van der Waals surface area contributed by atoms with Crippen molar-refractivity contribution in [3.8, 4) is 5.75 Å². The minimum Gasteiger partial charge on any atom is -0.505 e. The van der Waals surface area contributed by atoms with Gasteiger partial charge in [0.1, 0.15) is 5.75 Å². The van der Waals surface area contributed by atoms with Crippen molar-refractivity contribution < 1.29 is 9.90 Å². The fraction of sp³-hybridized carbons (Fsp3) is 0.462. The van der Waals surface area contributed by atoms with Crippen molar-refractivity contribution in [2.24, 2.45) is 5.92 Å². The lowest BCUT2D eigenvalue weighted by molar-refractivity contribution is -0.118. The van der Waals surface area contributed by atoms with E-state index in [0.717, 1.165) is 6.42 Å². The van der Waals surface area contributed by atoms with Gasteiger partial charge in [0.05, 0.1) is 5.69 Å². The molecule has 3 nitrogen and oxygen atoms in total. The van der Waals surface area contributed by atoms with Gasteiger partial charge in [-0.15, -0.1) is 0 Å². The highest BCUT2D eigenvalue weighted by molar-refractivity contribution is 6.31. The van der Waals surface area contributed by atoms with Gasteiger partial charge in [-0.25, -0.2) is 0 Å². The fourth-order valence-corrected chi connectivity index (χ4v) is 1.72. The van der Waals surface area contributed by atoms with E-state index in [-0.39, 0.29) is 17.6 Å². The van der Waals surface area contributed by atoms with Crippen LogP contribution in [-0.4, -0.2) is 11.0 Å². The molecule has 0 bridgehead atoms. The Morgan fingerprint density at radius 1 is 1.47 bits per heavy atom. The topological polar surface area (TPSA) is 49.3 Å². The number of halogens is 1. The Balaban J connectivity index is 3.02. The van der Waals surface area contributed by atoms with Gasteiger partial charge in [0.25, 0.3) is 0 Å². The zero-order chi connectivity index (χ0) is 13.0. The van der Waals surface area contributed by atoms with Gasteiger partial charge >= 0.3 is 0 Å². The first-order valence-corrected chi connectivity index (χ1v) is 6.16. The molecule has 0 spiro atoms. The van der Waals surface area contributed by atoms with E-state index in [9.17, 15) is 9.90 Å². The van der Waals surface area contributed by atoms with Crippen LogP contribution in [0.2, 0.25) is 5.02 Å². The van der Waals surface area contributed by atoms with Gasteiger partial charge in [0, 0.05) is 16.5 Å². The van der Waals surface area contributed by atoms with Gasteiger partial charge in [-0.3, -0.25) is 4.79 Å². The Kier molecular flexibility index (Phi) is 4.82. The maximum absolute atomic E-state index is 11.6. The molecule has 0 aliphatic heterocycles. The van der Waals surface area contributed by atoms with Crippen LogP contribution in [0.5, 0.6) is 5.75 Å². The number of aromatic hydroxyl groups is 1. The summed E-state index contributed by atoms with van der Waals surface area (Å²) in [5, 5.41) is 13.3. The molecule has 1 amide bonds. The minimum atomic E-state index is -0.125. The summed E-state index contributed by atoms with van der Waals surface area (Å²) in [4.78, 5) is 11.6. The quantitative estimate of drug-likeness (QED) is 0.808. The van der Waals surface area contributed by atoms with E-state index in [4.69, 9.17) is 11.6 Å². The molecule has 0 unspecified atom stereocenters. The highest BCUT2D eigenvalue weighted by Gasteiger charge is 2.14. The maximum atomic E-state index is 11.6. The average molecular weight is 256 g/mol. The van der Waals surface area contributed by atoms with Gasteiger partial charge in [0.15, 0.2) is 0 Å². The maximum Gasteiger partial charge on any atom is 0.227 e. The van der Waals surface area contributed by atoms with Crippen molar-refractivity contribution in [1.82, 2.24) is 0 Å². The largest absolute Gasteiger partial charge is 0.505 e. The van der Waals surface area contributed by atoms with E-state index >= 15 is 0 Å². The van der Waals surface area contributed by atoms with Crippen molar-refractivity contribution in [3.63, 3.8) is 0 Å². The minimum absolute atomic E-state index is 0.0772. The van der Waals surface area contributed by atoms with Crippen LogP contribution in [0.3, 0.4) is 0 Å². The Labute approximate surface area is 107 Å². The molecule has 1 rings (SSSR count). The average Bonchev–Trinajstić information content (AvgIpc) is 2.28. The Hall–Kier alpha value is -1.22. The second kappa shape index (κ2) is 5.92. The van der Waals surface area contributed by atoms with Crippen molar-refractivity contribution in [3.05, 3.63) is 22.7 Å². The van der Waals surface area contributed by atoms with Gasteiger partial charge < -0.3 is 10.4 Å². The molecule has 0 aliphatic rings. The number of phenols is 1. The zero-order valence-corrected chi connectivity index (χ0v) is 11.1. The molecule has 0 saturated carbocycles. The van der Waals surface area contributed by atoms with Crippen LogP contribution in [0.15, 0.2) is 12.1 Å². The molecule has 0 aromatic heterocycles. The number of benzene rings is 1. The summed E-state index contributed by atoms with van der Waals surface area (Å²) in [7, 11) is 0. The summed E-state index contributed by atoms with van der Waals surface area (Å²) in [5.74, 6) is -0.168. The second-order valence-corrected chi connectivity index (χ2v) is 4.72. The lowest BCUT2D eigenvalue weighted by atomic mass is 10.1. The lowest BCUT2D eigenvalue weighted by Gasteiger charge is -2.13. The van der Waals surface area contributed by atoms with Crippen molar-refractivity contribution in [2.75, 3.05) is 5.32 Å². The van der Waals surface area contributed by atoms with E-state index in [1.54, 1.807) is 26.0 Å². The lowest BCUT2D eigenvalue weighted by Crippen LogP contribution is -2.18. The van der Waals surface area contributed by atoms with Gasteiger partial charge in [0.2, 0.25) is 5.91 Å². The number of carbonyl (C=O) groups is 1. The number of carbonyl (C=O) groups excluding carboxylic acids is 1. The van der Waals surface area contributed by atoms with E-state index in [2.05, 4.69) is 5.32 Å². The highest BCUT2D eigenvalue weighted by Crippen LogP contribution is 2.34. The van der Waals surface area contributed by atoms with Crippen LogP contribution in [-0.2, 0) is 11.2 Å². The third kappa shape index (κ3) is 3.37. The molecule has 1 aromatic carbocycles. The van der Waals surface area contributed by atoms with E-state index in [1.165, 1.54) is 0 Å². The monoisotopic (exact) mass is 255 g/mol. The van der Waals surface area contributed by atoms with Crippen LogP contribution < -0.4 is 5.32 Å². The third-order valence-corrected chi connectivity index (χ3v) is 2.86. The Morgan fingerprint density at radius 2 is 2.12 bits per heavy atom. The van der Waals surface area contributed by atoms with Crippen molar-refractivity contribution >= 4 is 23.2 Å². The van der Waals surface area contributed by atoms with Crippen molar-refractivity contribution in [1.29, 1.82) is 0 Å². The summed E-state index contributed by atoms with van der Waals surface area (Å²) in [6.45, 7) is 5.61. The number of hydrogen-bond donors (Lipinski definition) is 2. The van der Waals surface area contributed by atoms with Crippen LogP contribution >= 0.6 is 11.6 Å². The molecule has 0 heterocycles. The number of rotatable bonds is 4. The van der Waals surface area contributed by atoms with Crippen LogP contribution in [0.4, 0.5) is 5.69 Å². The molecular formula is C13H18ClNO2. The standard InChI is InChI=1S/C13H18ClNO2/c1-4-5-9-10(14)6-7-11(12(9)16)15-13(17)8(2)3/h6-8,16H,4-5H2,1-3H3,(H,15,17). The first kappa shape index (κ1) is 13.8. The highest BCUT2D eigenvalue weighted by atomic mass is 35.5. The summed E-state index contributed by atoms with van der Waals surface area (Å²) < 4.78 is 0. The fourth-order valence-electron chi connectivity index (χ4n) is 1.48. The molecule has 17 heavy (non-hydrogen) atoms. The molecule has 0 radical (unpaired) electrons. The molecule has 0 atom stereocenters. The first-order chi connectivity index (χ1) is 7.97. The number of anilines is 1. The number of phenolic OH excluding ortho intramolecular Hbond substituents is 1. The van der Waals surface area contributed by atoms with Crippen LogP contribution in [0, 0.1) is 5.92 Å². The smallest absolute Gasteiger partial charge is 0.227 e. The van der Waals surface area contributed by atoms with Crippen LogP contribution in [0.1, 0.15) is 32.8 Å². The molecule has 1 aromatic rings. The summed E-state index contributed by atoms with van der Waals surface area (Å²) >= 11 is 6.01. The summed E-state index contributed by atoms with van der Waals surface area (Å²) in [6, 6.07) is 3.32. The van der Waals surface area contributed by atoms with E-state index < -0.39 is 0 Å². The normalized spacial score (nSPS) is 10.6. The third-order valence-electron chi connectivity index (χ3n) is 2.51. The molecule has 0 saturated heterocycles. The molecule has 4 heteroatoms. The SMILES string of the molecule is CCCc1c(Cl)ccc(NC(=O)C(C)C)c1O. The second-order valence-electron chi connectivity index (χ2n) is 4.32. The Morgan fingerprint density at radius 3 is 2.65 bits per heavy atom. The van der Waals surface area contributed by atoms with E-state index in [0.29, 0.717) is 22.7 Å². The number of nitrogens with one attached hydrogen (secondary N) is 1. The molecule has 0 fully saturated rings.